The van der Waals surface area contributed by atoms with Crippen LogP contribution in [0.4, 0.5) is 0 Å². The smallest absolute Gasteiger partial charge is 0.253 e. The first kappa shape index (κ1) is 18.3. The molecular formula is C17H19N3O5S. The topological polar surface area (TPSA) is 121 Å². The van der Waals surface area contributed by atoms with Gasteiger partial charge in [0.1, 0.15) is 6.10 Å². The molecule has 1 amide bonds. The third-order valence-electron chi connectivity index (χ3n) is 3.88. The monoisotopic (exact) mass is 377 g/mol. The van der Waals surface area contributed by atoms with Crippen molar-refractivity contribution in [3.8, 4) is 5.88 Å². The number of pyridine rings is 1. The number of ether oxygens (including phenoxy) is 2. The molecule has 0 radical (unpaired) electrons. The number of aromatic nitrogens is 1. The second kappa shape index (κ2) is 7.81. The van der Waals surface area contributed by atoms with E-state index in [0.717, 1.165) is 12.0 Å². The van der Waals surface area contributed by atoms with Gasteiger partial charge in [-0.15, -0.1) is 0 Å². The maximum absolute atomic E-state index is 12.2. The lowest BCUT2D eigenvalue weighted by molar-refractivity contribution is 0.0950. The maximum atomic E-state index is 12.2. The summed E-state index contributed by atoms with van der Waals surface area (Å²) in [5.41, 5.74) is 1.15. The van der Waals surface area contributed by atoms with Gasteiger partial charge in [0.2, 0.25) is 15.9 Å². The molecule has 1 aromatic carbocycles. The fourth-order valence-electron chi connectivity index (χ4n) is 2.44. The van der Waals surface area contributed by atoms with E-state index in [1.54, 1.807) is 24.3 Å². The highest BCUT2D eigenvalue weighted by molar-refractivity contribution is 7.89. The van der Waals surface area contributed by atoms with Gasteiger partial charge in [0.15, 0.2) is 0 Å². The summed E-state index contributed by atoms with van der Waals surface area (Å²) in [5, 5.41) is 7.79. The van der Waals surface area contributed by atoms with Crippen molar-refractivity contribution in [3.05, 3.63) is 53.7 Å². The second-order valence-corrected chi connectivity index (χ2v) is 7.42. The Balaban J connectivity index is 1.54. The Morgan fingerprint density at radius 1 is 1.27 bits per heavy atom. The van der Waals surface area contributed by atoms with Gasteiger partial charge < -0.3 is 14.8 Å². The van der Waals surface area contributed by atoms with Crippen molar-refractivity contribution in [1.29, 1.82) is 0 Å². The van der Waals surface area contributed by atoms with E-state index in [-0.39, 0.29) is 23.5 Å². The first-order chi connectivity index (χ1) is 12.4. The van der Waals surface area contributed by atoms with Gasteiger partial charge in [-0.1, -0.05) is 12.1 Å². The van der Waals surface area contributed by atoms with E-state index in [0.29, 0.717) is 24.7 Å². The normalized spacial score (nSPS) is 17.0. The fraction of sp³-hybridized carbons (Fsp3) is 0.294. The van der Waals surface area contributed by atoms with Crippen LogP contribution >= 0.6 is 0 Å². The highest BCUT2D eigenvalue weighted by Gasteiger charge is 2.18. The second-order valence-electron chi connectivity index (χ2n) is 5.86. The van der Waals surface area contributed by atoms with Crippen molar-refractivity contribution >= 4 is 15.9 Å². The number of benzene rings is 1. The first-order valence-electron chi connectivity index (χ1n) is 8.02. The number of nitrogens with one attached hydrogen (secondary N) is 1. The molecule has 138 valence electrons. The third kappa shape index (κ3) is 4.78. The van der Waals surface area contributed by atoms with Gasteiger partial charge in [-0.05, 0) is 23.8 Å². The number of carbonyl (C=O) groups is 1. The molecule has 1 atom stereocenters. The van der Waals surface area contributed by atoms with Gasteiger partial charge >= 0.3 is 0 Å². The van der Waals surface area contributed by atoms with Crippen molar-refractivity contribution in [2.24, 2.45) is 5.14 Å². The molecule has 1 aliphatic rings. The lowest BCUT2D eigenvalue weighted by atomic mass is 10.2. The van der Waals surface area contributed by atoms with E-state index < -0.39 is 10.0 Å². The van der Waals surface area contributed by atoms with Crippen molar-refractivity contribution < 1.29 is 22.7 Å². The van der Waals surface area contributed by atoms with Crippen molar-refractivity contribution in [1.82, 2.24) is 10.3 Å². The molecule has 3 rings (SSSR count). The molecule has 0 spiro atoms. The number of nitrogens with two attached hydrogens (primary N) is 1. The van der Waals surface area contributed by atoms with Gasteiger partial charge in [-0.2, -0.15) is 0 Å². The predicted octanol–water partition coefficient (Wildman–Crippen LogP) is 0.827. The molecule has 2 heterocycles. The Kier molecular flexibility index (Phi) is 5.50. The minimum atomic E-state index is -3.72. The van der Waals surface area contributed by atoms with E-state index in [1.807, 2.05) is 0 Å². The minimum Gasteiger partial charge on any atom is -0.472 e. The first-order valence-corrected chi connectivity index (χ1v) is 9.57. The van der Waals surface area contributed by atoms with Crippen molar-refractivity contribution in [2.45, 2.75) is 24.0 Å². The van der Waals surface area contributed by atoms with Crippen molar-refractivity contribution in [3.63, 3.8) is 0 Å². The van der Waals surface area contributed by atoms with Crippen LogP contribution in [0.5, 0.6) is 5.88 Å². The van der Waals surface area contributed by atoms with E-state index in [4.69, 9.17) is 14.6 Å². The Labute approximate surface area is 151 Å². The molecule has 1 unspecified atom stereocenters. The fourth-order valence-corrected chi connectivity index (χ4v) is 2.96. The summed E-state index contributed by atoms with van der Waals surface area (Å²) < 4.78 is 33.3. The molecule has 1 aliphatic heterocycles. The number of amides is 1. The highest BCUT2D eigenvalue weighted by atomic mass is 32.2. The van der Waals surface area contributed by atoms with Crippen molar-refractivity contribution in [2.75, 3.05) is 13.2 Å². The summed E-state index contributed by atoms with van der Waals surface area (Å²) in [6, 6.07) is 9.28. The van der Waals surface area contributed by atoms with Crippen LogP contribution < -0.4 is 15.2 Å². The third-order valence-corrected chi connectivity index (χ3v) is 4.81. The molecule has 3 N–H and O–H groups in total. The van der Waals surface area contributed by atoms with Gasteiger partial charge in [0.05, 0.1) is 23.7 Å². The Morgan fingerprint density at radius 3 is 2.62 bits per heavy atom. The highest BCUT2D eigenvalue weighted by Crippen LogP contribution is 2.15. The Morgan fingerprint density at radius 2 is 2.04 bits per heavy atom. The van der Waals surface area contributed by atoms with Crippen LogP contribution in [-0.4, -0.2) is 38.6 Å². The number of rotatable bonds is 6. The summed E-state index contributed by atoms with van der Waals surface area (Å²) in [5.74, 6) is 0.166. The largest absolute Gasteiger partial charge is 0.472 e. The molecular weight excluding hydrogens is 358 g/mol. The van der Waals surface area contributed by atoms with E-state index in [9.17, 15) is 13.2 Å². The standard InChI is InChI=1S/C17H19N3O5S/c18-26(22,23)15-4-1-12(2-5-15)9-20-17(21)13-3-6-16(19-10-13)25-14-7-8-24-11-14/h1-6,10,14H,7-9,11H2,(H,20,21)(H2,18,22,23). The van der Waals surface area contributed by atoms with E-state index in [2.05, 4.69) is 10.3 Å². The average molecular weight is 377 g/mol. The Bertz CT molecular complexity index is 860. The lowest BCUT2D eigenvalue weighted by Crippen LogP contribution is -2.23. The summed E-state index contributed by atoms with van der Waals surface area (Å²) >= 11 is 0. The molecule has 0 saturated carbocycles. The predicted molar refractivity (Wildman–Crippen MR) is 93.1 cm³/mol. The summed E-state index contributed by atoms with van der Waals surface area (Å²) in [6.45, 7) is 1.49. The molecule has 9 heteroatoms. The molecule has 0 aliphatic carbocycles. The number of hydrogen-bond acceptors (Lipinski definition) is 6. The molecule has 26 heavy (non-hydrogen) atoms. The maximum Gasteiger partial charge on any atom is 0.253 e. The van der Waals surface area contributed by atoms with Crippen LogP contribution in [0.25, 0.3) is 0 Å². The quantitative estimate of drug-likeness (QED) is 0.769. The molecule has 1 saturated heterocycles. The van der Waals surface area contributed by atoms with E-state index in [1.165, 1.54) is 18.3 Å². The number of carbonyl (C=O) groups excluding carboxylic acids is 1. The number of nitrogens with zero attached hydrogens (tertiary/aromatic N) is 1. The van der Waals surface area contributed by atoms with Crippen LogP contribution in [0.2, 0.25) is 0 Å². The van der Waals surface area contributed by atoms with Crippen LogP contribution in [0.15, 0.2) is 47.5 Å². The zero-order valence-electron chi connectivity index (χ0n) is 13.9. The summed E-state index contributed by atoms with van der Waals surface area (Å²) in [7, 11) is -3.72. The van der Waals surface area contributed by atoms with Gasteiger partial charge in [-0.3, -0.25) is 4.79 Å². The summed E-state index contributed by atoms with van der Waals surface area (Å²) in [4.78, 5) is 16.3. The van der Waals surface area contributed by atoms with Crippen LogP contribution in [-0.2, 0) is 21.3 Å². The van der Waals surface area contributed by atoms with Crippen LogP contribution in [0, 0.1) is 0 Å². The number of hydrogen-bond donors (Lipinski definition) is 2. The lowest BCUT2D eigenvalue weighted by Gasteiger charge is -2.11. The Hall–Kier alpha value is -2.49. The van der Waals surface area contributed by atoms with E-state index >= 15 is 0 Å². The zero-order valence-corrected chi connectivity index (χ0v) is 14.7. The zero-order chi connectivity index (χ0) is 18.6. The summed E-state index contributed by atoms with van der Waals surface area (Å²) in [6.07, 6.45) is 2.28. The number of primary sulfonamides is 1. The van der Waals surface area contributed by atoms with Crippen LogP contribution in [0.3, 0.4) is 0 Å². The van der Waals surface area contributed by atoms with Gasteiger partial charge in [0.25, 0.3) is 5.91 Å². The minimum absolute atomic E-state index is 0.00230. The average Bonchev–Trinajstić information content (AvgIpc) is 3.13. The molecule has 1 fully saturated rings. The molecule has 2 aromatic rings. The van der Waals surface area contributed by atoms with Gasteiger partial charge in [0, 0.05) is 25.2 Å². The number of sulfonamides is 1. The van der Waals surface area contributed by atoms with Gasteiger partial charge in [-0.25, -0.2) is 18.5 Å². The molecule has 1 aromatic heterocycles. The van der Waals surface area contributed by atoms with Crippen LogP contribution in [0.1, 0.15) is 22.3 Å². The molecule has 0 bridgehead atoms. The SMILES string of the molecule is NS(=O)(=O)c1ccc(CNC(=O)c2ccc(OC3CCOC3)nc2)cc1. The molecule has 8 nitrogen and oxygen atoms in total.